The van der Waals surface area contributed by atoms with Crippen molar-refractivity contribution in [1.82, 2.24) is 14.8 Å². The summed E-state index contributed by atoms with van der Waals surface area (Å²) in [4.78, 5) is 21.4. The number of carbonyl (C=O) groups is 1. The number of aromatic nitrogens is 1. The first kappa shape index (κ1) is 21.3. The Morgan fingerprint density at radius 1 is 1.03 bits per heavy atom. The van der Waals surface area contributed by atoms with Crippen LogP contribution in [-0.4, -0.2) is 74.5 Å². The van der Waals surface area contributed by atoms with Gasteiger partial charge >= 0.3 is 0 Å². The highest BCUT2D eigenvalue weighted by Crippen LogP contribution is 2.40. The van der Waals surface area contributed by atoms with Crippen molar-refractivity contribution in [2.75, 3.05) is 53.8 Å². The van der Waals surface area contributed by atoms with Crippen LogP contribution in [0.3, 0.4) is 0 Å². The highest BCUT2D eigenvalue weighted by Gasteiger charge is 2.25. The van der Waals surface area contributed by atoms with Crippen LogP contribution in [0.15, 0.2) is 35.5 Å². The van der Waals surface area contributed by atoms with Crippen molar-refractivity contribution < 1.29 is 19.0 Å². The van der Waals surface area contributed by atoms with E-state index in [1.165, 1.54) is 11.8 Å². The van der Waals surface area contributed by atoms with Crippen LogP contribution in [0.25, 0.3) is 0 Å². The summed E-state index contributed by atoms with van der Waals surface area (Å²) in [7, 11) is 4.85. The summed E-state index contributed by atoms with van der Waals surface area (Å²) in [6.07, 6.45) is 3.66. The van der Waals surface area contributed by atoms with Gasteiger partial charge in [0.05, 0.1) is 26.9 Å². The van der Waals surface area contributed by atoms with Gasteiger partial charge in [-0.15, -0.1) is 11.8 Å². The van der Waals surface area contributed by atoms with E-state index in [9.17, 15) is 4.79 Å². The number of amides is 1. The fourth-order valence-electron chi connectivity index (χ4n) is 3.52. The molecule has 1 saturated heterocycles. The number of methoxy groups -OCH3 is 3. The van der Waals surface area contributed by atoms with Crippen molar-refractivity contribution in [2.45, 2.75) is 11.6 Å². The monoisotopic (exact) mass is 417 g/mol. The predicted octanol–water partition coefficient (Wildman–Crippen LogP) is 2.79. The molecule has 8 heteroatoms. The van der Waals surface area contributed by atoms with E-state index >= 15 is 0 Å². The number of benzene rings is 1. The Morgan fingerprint density at radius 2 is 1.76 bits per heavy atom. The fraction of sp³-hybridized carbons (Fsp3) is 0.429. The summed E-state index contributed by atoms with van der Waals surface area (Å²) in [6.45, 7) is 3.65. The Bertz CT molecular complexity index is 854. The molecule has 2 heterocycles. The lowest BCUT2D eigenvalue weighted by Crippen LogP contribution is -2.48. The van der Waals surface area contributed by atoms with Crippen LogP contribution < -0.4 is 14.2 Å². The molecule has 0 saturated carbocycles. The van der Waals surface area contributed by atoms with E-state index in [1.54, 1.807) is 27.5 Å². The molecule has 1 fully saturated rings. The summed E-state index contributed by atoms with van der Waals surface area (Å²) < 4.78 is 16.4. The van der Waals surface area contributed by atoms with E-state index in [1.807, 2.05) is 35.4 Å². The van der Waals surface area contributed by atoms with Gasteiger partial charge in [0.2, 0.25) is 5.75 Å². The van der Waals surface area contributed by atoms with Gasteiger partial charge in [-0.05, 0) is 24.5 Å². The van der Waals surface area contributed by atoms with Gasteiger partial charge < -0.3 is 19.1 Å². The maximum Gasteiger partial charge on any atom is 0.256 e. The third kappa shape index (κ3) is 4.59. The molecule has 3 rings (SSSR count). The molecule has 0 radical (unpaired) electrons. The number of piperazine rings is 1. The van der Waals surface area contributed by atoms with Gasteiger partial charge in [-0.1, -0.05) is 6.07 Å². The van der Waals surface area contributed by atoms with E-state index in [-0.39, 0.29) is 5.91 Å². The normalized spacial score (nSPS) is 14.6. The van der Waals surface area contributed by atoms with Gasteiger partial charge in [0, 0.05) is 44.5 Å². The SMILES string of the molecule is COc1ccc(CN2CCN(C(=O)c3cccnc3SC)CC2)c(OC)c1OC. The second-order valence-corrected chi connectivity index (χ2v) is 7.42. The smallest absolute Gasteiger partial charge is 0.256 e. The maximum absolute atomic E-state index is 12.9. The quantitative estimate of drug-likeness (QED) is 0.642. The molecule has 7 nitrogen and oxygen atoms in total. The second kappa shape index (κ2) is 9.84. The number of carbonyl (C=O) groups excluding carboxylic acids is 1. The lowest BCUT2D eigenvalue weighted by molar-refractivity contribution is 0.0623. The molecule has 0 atom stereocenters. The molecule has 0 aliphatic carbocycles. The van der Waals surface area contributed by atoms with Crippen molar-refractivity contribution in [3.05, 3.63) is 41.6 Å². The number of ether oxygens (including phenoxy) is 3. The van der Waals surface area contributed by atoms with Crippen LogP contribution in [0, 0.1) is 0 Å². The molecule has 29 heavy (non-hydrogen) atoms. The van der Waals surface area contributed by atoms with E-state index in [2.05, 4.69) is 9.88 Å². The van der Waals surface area contributed by atoms with Crippen LogP contribution in [0.1, 0.15) is 15.9 Å². The van der Waals surface area contributed by atoms with Crippen molar-refractivity contribution in [1.29, 1.82) is 0 Å². The van der Waals surface area contributed by atoms with Crippen molar-refractivity contribution in [3.8, 4) is 17.2 Å². The standard InChI is InChI=1S/C21H27N3O4S/c1-26-17-8-7-15(18(27-2)19(17)28-3)14-23-10-12-24(13-11-23)21(25)16-6-5-9-22-20(16)29-4/h5-9H,10-14H2,1-4H3. The second-order valence-electron chi connectivity index (χ2n) is 6.62. The Hall–Kier alpha value is -2.45. The van der Waals surface area contributed by atoms with Gasteiger partial charge in [0.1, 0.15) is 5.03 Å². The lowest BCUT2D eigenvalue weighted by atomic mass is 10.1. The maximum atomic E-state index is 12.9. The van der Waals surface area contributed by atoms with Crippen molar-refractivity contribution >= 4 is 17.7 Å². The largest absolute Gasteiger partial charge is 0.493 e. The van der Waals surface area contributed by atoms with Crippen LogP contribution in [0.2, 0.25) is 0 Å². The number of thioether (sulfide) groups is 1. The van der Waals surface area contributed by atoms with Gasteiger partial charge in [-0.25, -0.2) is 4.98 Å². The van der Waals surface area contributed by atoms with Gasteiger partial charge in [-0.2, -0.15) is 0 Å². The number of hydrogen-bond acceptors (Lipinski definition) is 7. The molecule has 1 aromatic carbocycles. The molecular formula is C21H27N3O4S. The molecule has 0 spiro atoms. The summed E-state index contributed by atoms with van der Waals surface area (Å²) in [5, 5.41) is 0.773. The average molecular weight is 418 g/mol. The van der Waals surface area contributed by atoms with E-state index in [0.29, 0.717) is 42.4 Å². The summed E-state index contributed by atoms with van der Waals surface area (Å²) in [5.41, 5.74) is 1.71. The van der Waals surface area contributed by atoms with Crippen molar-refractivity contribution in [3.63, 3.8) is 0 Å². The third-order valence-electron chi connectivity index (χ3n) is 5.03. The minimum Gasteiger partial charge on any atom is -0.493 e. The average Bonchev–Trinajstić information content (AvgIpc) is 2.78. The zero-order chi connectivity index (χ0) is 20.8. The minimum atomic E-state index is 0.0470. The molecule has 156 valence electrons. The first-order valence-corrected chi connectivity index (χ1v) is 10.6. The Kier molecular flexibility index (Phi) is 7.22. The van der Waals surface area contributed by atoms with Crippen LogP contribution >= 0.6 is 11.8 Å². The van der Waals surface area contributed by atoms with Gasteiger partial charge in [0.25, 0.3) is 5.91 Å². The summed E-state index contributed by atoms with van der Waals surface area (Å²) in [5.74, 6) is 1.98. The van der Waals surface area contributed by atoms with Gasteiger partial charge in [-0.3, -0.25) is 9.69 Å². The summed E-state index contributed by atoms with van der Waals surface area (Å²) >= 11 is 1.50. The molecule has 1 aromatic heterocycles. The number of rotatable bonds is 7. The molecule has 1 amide bonds. The molecule has 2 aromatic rings. The number of pyridine rings is 1. The molecule has 0 N–H and O–H groups in total. The zero-order valence-electron chi connectivity index (χ0n) is 17.3. The van der Waals surface area contributed by atoms with Gasteiger partial charge in [0.15, 0.2) is 11.5 Å². The van der Waals surface area contributed by atoms with Crippen LogP contribution in [0.4, 0.5) is 0 Å². The zero-order valence-corrected chi connectivity index (χ0v) is 18.1. The summed E-state index contributed by atoms with van der Waals surface area (Å²) in [6, 6.07) is 7.55. The molecule has 1 aliphatic rings. The lowest BCUT2D eigenvalue weighted by Gasteiger charge is -2.35. The number of nitrogens with zero attached hydrogens (tertiary/aromatic N) is 3. The number of hydrogen-bond donors (Lipinski definition) is 0. The Labute approximate surface area is 175 Å². The molecule has 0 unspecified atom stereocenters. The Balaban J connectivity index is 1.67. The molecular weight excluding hydrogens is 390 g/mol. The van der Waals surface area contributed by atoms with Crippen molar-refractivity contribution in [2.24, 2.45) is 0 Å². The fourth-order valence-corrected chi connectivity index (χ4v) is 4.07. The molecule has 1 aliphatic heterocycles. The van der Waals surface area contributed by atoms with E-state index in [4.69, 9.17) is 14.2 Å². The van der Waals surface area contributed by atoms with Crippen LogP contribution in [-0.2, 0) is 6.54 Å². The molecule has 0 bridgehead atoms. The topological polar surface area (TPSA) is 64.1 Å². The van der Waals surface area contributed by atoms with E-state index in [0.717, 1.165) is 23.7 Å². The highest BCUT2D eigenvalue weighted by atomic mass is 32.2. The first-order chi connectivity index (χ1) is 14.1. The minimum absolute atomic E-state index is 0.0470. The predicted molar refractivity (Wildman–Crippen MR) is 113 cm³/mol. The van der Waals surface area contributed by atoms with Crippen LogP contribution in [0.5, 0.6) is 17.2 Å². The Morgan fingerprint density at radius 3 is 2.38 bits per heavy atom. The highest BCUT2D eigenvalue weighted by molar-refractivity contribution is 7.98. The first-order valence-electron chi connectivity index (χ1n) is 9.41. The van der Waals surface area contributed by atoms with E-state index < -0.39 is 0 Å². The third-order valence-corrected chi connectivity index (χ3v) is 5.75.